The first-order chi connectivity index (χ1) is 12.6. The van der Waals surface area contributed by atoms with Crippen molar-refractivity contribution in [2.24, 2.45) is 0 Å². The van der Waals surface area contributed by atoms with Crippen LogP contribution in [0, 0.1) is 5.82 Å². The van der Waals surface area contributed by atoms with E-state index in [4.69, 9.17) is 9.47 Å². The zero-order valence-corrected chi connectivity index (χ0v) is 15.0. The molecule has 1 amide bonds. The molecule has 1 heterocycles. The van der Waals surface area contributed by atoms with Crippen molar-refractivity contribution in [3.8, 4) is 5.75 Å². The number of carbonyl (C=O) groups is 1. The van der Waals surface area contributed by atoms with Gasteiger partial charge in [0.25, 0.3) is 0 Å². The van der Waals surface area contributed by atoms with Crippen molar-refractivity contribution in [3.05, 3.63) is 65.5 Å². The minimum atomic E-state index is -0.300. The van der Waals surface area contributed by atoms with E-state index in [0.29, 0.717) is 19.8 Å². The Balaban J connectivity index is 1.72. The second kappa shape index (κ2) is 8.32. The molecule has 1 N–H and O–H groups in total. The van der Waals surface area contributed by atoms with E-state index in [2.05, 4.69) is 11.4 Å². The molecule has 0 atom stereocenters. The Kier molecular flexibility index (Phi) is 5.89. The summed E-state index contributed by atoms with van der Waals surface area (Å²) in [5.74, 6) is 0.464. The van der Waals surface area contributed by atoms with E-state index in [1.165, 1.54) is 12.1 Å². The van der Waals surface area contributed by atoms with Gasteiger partial charge >= 0.3 is 0 Å². The van der Waals surface area contributed by atoms with Crippen molar-refractivity contribution in [1.29, 1.82) is 0 Å². The van der Waals surface area contributed by atoms with Gasteiger partial charge in [-0.3, -0.25) is 4.79 Å². The summed E-state index contributed by atoms with van der Waals surface area (Å²) in [5, 5.41) is 3.06. The Labute approximate surface area is 153 Å². The number of carbonyl (C=O) groups excluding carboxylic acids is 1. The van der Waals surface area contributed by atoms with Crippen molar-refractivity contribution in [3.63, 3.8) is 0 Å². The highest BCUT2D eigenvalue weighted by atomic mass is 19.1. The molecule has 1 saturated heterocycles. The van der Waals surface area contributed by atoms with Crippen molar-refractivity contribution in [2.45, 2.75) is 24.7 Å². The maximum Gasteiger partial charge on any atom is 0.224 e. The van der Waals surface area contributed by atoms with Crippen LogP contribution >= 0.6 is 0 Å². The van der Waals surface area contributed by atoms with Gasteiger partial charge in [-0.05, 0) is 36.6 Å². The second-order valence-electron chi connectivity index (χ2n) is 6.67. The highest BCUT2D eigenvalue weighted by Gasteiger charge is 2.37. The van der Waals surface area contributed by atoms with Crippen LogP contribution in [0.3, 0.4) is 0 Å². The third-order valence-electron chi connectivity index (χ3n) is 5.03. The Hall–Kier alpha value is -2.40. The molecule has 4 nitrogen and oxygen atoms in total. The van der Waals surface area contributed by atoms with Gasteiger partial charge in [-0.2, -0.15) is 0 Å². The number of ether oxygens (including phenoxy) is 2. The highest BCUT2D eigenvalue weighted by Crippen LogP contribution is 2.39. The molecule has 1 fully saturated rings. The average molecular weight is 357 g/mol. The lowest BCUT2D eigenvalue weighted by Gasteiger charge is -2.38. The fourth-order valence-corrected chi connectivity index (χ4v) is 3.50. The molecule has 0 unspecified atom stereocenters. The summed E-state index contributed by atoms with van der Waals surface area (Å²) >= 11 is 0. The van der Waals surface area contributed by atoms with Gasteiger partial charge in [-0.15, -0.1) is 0 Å². The lowest BCUT2D eigenvalue weighted by Crippen LogP contribution is -2.45. The van der Waals surface area contributed by atoms with Gasteiger partial charge in [-0.1, -0.05) is 30.3 Å². The predicted octanol–water partition coefficient (Wildman–Crippen LogP) is 3.24. The number of nitrogens with one attached hydrogen (secondary N) is 1. The van der Waals surface area contributed by atoms with E-state index in [0.717, 1.165) is 29.7 Å². The molecule has 2 aromatic rings. The van der Waals surface area contributed by atoms with E-state index in [1.807, 2.05) is 18.2 Å². The summed E-state index contributed by atoms with van der Waals surface area (Å²) in [6, 6.07) is 14.0. The first-order valence-corrected chi connectivity index (χ1v) is 8.85. The van der Waals surface area contributed by atoms with Gasteiger partial charge in [0.15, 0.2) is 0 Å². The Morgan fingerprint density at radius 3 is 2.54 bits per heavy atom. The maximum absolute atomic E-state index is 13.0. The zero-order chi connectivity index (χ0) is 18.4. The van der Waals surface area contributed by atoms with Crippen LogP contribution in [0.25, 0.3) is 0 Å². The van der Waals surface area contributed by atoms with Crippen molar-refractivity contribution >= 4 is 5.91 Å². The Bertz CT molecular complexity index is 739. The van der Waals surface area contributed by atoms with Crippen LogP contribution in [0.1, 0.15) is 24.0 Å². The van der Waals surface area contributed by atoms with Crippen LogP contribution < -0.4 is 10.1 Å². The quantitative estimate of drug-likeness (QED) is 0.863. The number of amides is 1. The van der Waals surface area contributed by atoms with Crippen molar-refractivity contribution in [1.82, 2.24) is 5.32 Å². The van der Waals surface area contributed by atoms with E-state index >= 15 is 0 Å². The van der Waals surface area contributed by atoms with Crippen LogP contribution in [0.4, 0.5) is 4.39 Å². The third-order valence-corrected chi connectivity index (χ3v) is 5.03. The van der Waals surface area contributed by atoms with Gasteiger partial charge in [-0.25, -0.2) is 4.39 Å². The summed E-state index contributed by atoms with van der Waals surface area (Å²) in [6.45, 7) is 1.84. The lowest BCUT2D eigenvalue weighted by molar-refractivity contribution is -0.121. The van der Waals surface area contributed by atoms with E-state index in [-0.39, 0.29) is 23.6 Å². The molecule has 1 aliphatic heterocycles. The molecule has 26 heavy (non-hydrogen) atoms. The van der Waals surface area contributed by atoms with Crippen molar-refractivity contribution < 1.29 is 18.7 Å². The van der Waals surface area contributed by atoms with Gasteiger partial charge in [0, 0.05) is 30.7 Å². The summed E-state index contributed by atoms with van der Waals surface area (Å²) in [6.07, 6.45) is 1.88. The van der Waals surface area contributed by atoms with Crippen LogP contribution in [-0.2, 0) is 21.4 Å². The maximum atomic E-state index is 13.0. The first-order valence-electron chi connectivity index (χ1n) is 8.85. The lowest BCUT2D eigenvalue weighted by atomic mass is 9.73. The molecular formula is C21H24FNO3. The monoisotopic (exact) mass is 357 g/mol. The first kappa shape index (κ1) is 18.4. The normalized spacial score (nSPS) is 16.1. The number of hydrogen-bond donors (Lipinski definition) is 1. The van der Waals surface area contributed by atoms with E-state index in [9.17, 15) is 9.18 Å². The van der Waals surface area contributed by atoms with Crippen LogP contribution in [-0.4, -0.2) is 32.8 Å². The van der Waals surface area contributed by atoms with Crippen LogP contribution in [0.15, 0.2) is 48.5 Å². The van der Waals surface area contributed by atoms with Crippen LogP contribution in [0.5, 0.6) is 5.75 Å². The zero-order valence-electron chi connectivity index (χ0n) is 15.0. The number of rotatable bonds is 6. The number of benzene rings is 2. The smallest absolute Gasteiger partial charge is 0.224 e. The molecule has 0 bridgehead atoms. The number of methoxy groups -OCH3 is 1. The topological polar surface area (TPSA) is 47.6 Å². The van der Waals surface area contributed by atoms with Crippen molar-refractivity contribution in [2.75, 3.05) is 26.9 Å². The van der Waals surface area contributed by atoms with Gasteiger partial charge < -0.3 is 14.8 Å². The van der Waals surface area contributed by atoms with E-state index < -0.39 is 0 Å². The molecular weight excluding hydrogens is 333 g/mol. The molecule has 5 heteroatoms. The molecule has 0 saturated carbocycles. The van der Waals surface area contributed by atoms with E-state index in [1.54, 1.807) is 19.2 Å². The Morgan fingerprint density at radius 2 is 1.85 bits per heavy atom. The molecule has 2 aromatic carbocycles. The average Bonchev–Trinajstić information content (AvgIpc) is 2.69. The minimum absolute atomic E-state index is 0.0719. The summed E-state index contributed by atoms with van der Waals surface area (Å²) in [7, 11) is 1.67. The summed E-state index contributed by atoms with van der Waals surface area (Å²) in [4.78, 5) is 12.4. The fraction of sp³-hybridized carbons (Fsp3) is 0.381. The minimum Gasteiger partial charge on any atom is -0.496 e. The Morgan fingerprint density at radius 1 is 1.15 bits per heavy atom. The molecule has 0 radical (unpaired) electrons. The SMILES string of the molecule is COc1ccccc1C1(CNC(=O)Cc2ccc(F)cc2)CCOCC1. The standard InChI is InChI=1S/C21H24FNO3/c1-25-19-5-3-2-4-18(19)21(10-12-26-13-11-21)15-23-20(24)14-16-6-8-17(22)9-7-16/h2-9H,10-15H2,1H3,(H,23,24). The fourth-order valence-electron chi connectivity index (χ4n) is 3.50. The molecule has 1 aliphatic rings. The molecule has 3 rings (SSSR count). The number of halogens is 1. The summed E-state index contributed by atoms with van der Waals surface area (Å²) < 4.78 is 24.1. The number of hydrogen-bond acceptors (Lipinski definition) is 3. The second-order valence-corrected chi connectivity index (χ2v) is 6.67. The molecule has 0 aliphatic carbocycles. The molecule has 0 spiro atoms. The largest absolute Gasteiger partial charge is 0.496 e. The van der Waals surface area contributed by atoms with Gasteiger partial charge in [0.05, 0.1) is 13.5 Å². The van der Waals surface area contributed by atoms with Gasteiger partial charge in [0.1, 0.15) is 11.6 Å². The summed E-state index contributed by atoms with van der Waals surface area (Å²) in [5.41, 5.74) is 1.69. The number of para-hydroxylation sites is 1. The van der Waals surface area contributed by atoms with Crippen LogP contribution in [0.2, 0.25) is 0 Å². The molecule has 0 aromatic heterocycles. The van der Waals surface area contributed by atoms with Gasteiger partial charge in [0.2, 0.25) is 5.91 Å². The molecule has 138 valence electrons. The third kappa shape index (κ3) is 4.22. The highest BCUT2D eigenvalue weighted by molar-refractivity contribution is 5.78. The predicted molar refractivity (Wildman–Crippen MR) is 97.8 cm³/mol.